The van der Waals surface area contributed by atoms with Crippen LogP contribution in [-0.4, -0.2) is 46.4 Å². The topological polar surface area (TPSA) is 155 Å². The molecule has 1 aromatic heterocycles. The van der Waals surface area contributed by atoms with Crippen LogP contribution in [0, 0.1) is 27.2 Å². The van der Waals surface area contributed by atoms with Crippen LogP contribution in [0.15, 0.2) is 34.5 Å². The van der Waals surface area contributed by atoms with Gasteiger partial charge in [-0.3, -0.25) is 20.2 Å². The predicted octanol–water partition coefficient (Wildman–Crippen LogP) is 3.08. The van der Waals surface area contributed by atoms with Crippen LogP contribution in [0.4, 0.5) is 27.1 Å². The normalized spacial score (nSPS) is 11.1. The first-order valence-electron chi connectivity index (χ1n) is 7.79. The lowest BCUT2D eigenvalue weighted by Crippen LogP contribution is -2.29. The molecule has 0 aliphatic rings. The third-order valence-electron chi connectivity index (χ3n) is 3.59. The summed E-state index contributed by atoms with van der Waals surface area (Å²) in [5.74, 6) is 0. The van der Waals surface area contributed by atoms with Gasteiger partial charge in [-0.25, -0.2) is 0 Å². The van der Waals surface area contributed by atoms with Gasteiger partial charge in [0.15, 0.2) is 0 Å². The number of azo groups is 1. The zero-order chi connectivity index (χ0) is 20.0. The molecule has 0 saturated heterocycles. The molecule has 0 saturated carbocycles. The molecular formula is C15H17N5O6S. The molecule has 2 N–H and O–H groups in total. The molecule has 0 unspecified atom stereocenters. The summed E-state index contributed by atoms with van der Waals surface area (Å²) in [5.41, 5.74) is 1.46. The Bertz CT molecular complexity index is 862. The molecule has 0 atom stereocenters. The van der Waals surface area contributed by atoms with Crippen LogP contribution in [-0.2, 0) is 0 Å². The van der Waals surface area contributed by atoms with Gasteiger partial charge in [0.1, 0.15) is 6.07 Å². The molecule has 144 valence electrons. The number of hydrogen-bond donors (Lipinski definition) is 2. The van der Waals surface area contributed by atoms with Crippen LogP contribution in [0.5, 0.6) is 0 Å². The van der Waals surface area contributed by atoms with Gasteiger partial charge in [0.2, 0.25) is 5.00 Å². The largest absolute Gasteiger partial charge is 0.395 e. The molecular weight excluding hydrogens is 378 g/mol. The van der Waals surface area contributed by atoms with Crippen molar-refractivity contribution in [1.82, 2.24) is 0 Å². The number of benzene rings is 1. The Morgan fingerprint density at radius 1 is 1.07 bits per heavy atom. The summed E-state index contributed by atoms with van der Waals surface area (Å²) < 4.78 is 0. The fraction of sp³-hybridized carbons (Fsp3) is 0.333. The fourth-order valence-corrected chi connectivity index (χ4v) is 3.07. The minimum atomic E-state index is -0.741. The number of aryl methyl sites for hydroxylation is 1. The lowest BCUT2D eigenvalue weighted by Gasteiger charge is -2.23. The monoisotopic (exact) mass is 395 g/mol. The third-order valence-corrected chi connectivity index (χ3v) is 4.55. The van der Waals surface area contributed by atoms with Crippen LogP contribution < -0.4 is 4.90 Å². The first-order valence-corrected chi connectivity index (χ1v) is 8.60. The van der Waals surface area contributed by atoms with Crippen molar-refractivity contribution in [3.05, 3.63) is 50.1 Å². The number of rotatable bonds is 9. The first-order chi connectivity index (χ1) is 12.9. The first kappa shape index (κ1) is 20.4. The van der Waals surface area contributed by atoms with Gasteiger partial charge in [0.25, 0.3) is 0 Å². The van der Waals surface area contributed by atoms with E-state index < -0.39 is 15.5 Å². The van der Waals surface area contributed by atoms with Crippen molar-refractivity contribution in [3.63, 3.8) is 0 Å². The molecule has 2 rings (SSSR count). The number of aliphatic hydroxyl groups excluding tert-OH is 2. The highest BCUT2D eigenvalue weighted by atomic mass is 32.1. The van der Waals surface area contributed by atoms with E-state index >= 15 is 0 Å². The Morgan fingerprint density at radius 2 is 1.74 bits per heavy atom. The second-order valence-electron chi connectivity index (χ2n) is 5.39. The molecule has 0 radical (unpaired) electrons. The van der Waals surface area contributed by atoms with E-state index in [1.165, 1.54) is 0 Å². The van der Waals surface area contributed by atoms with Crippen molar-refractivity contribution in [2.45, 2.75) is 6.92 Å². The Labute approximate surface area is 157 Å². The highest BCUT2D eigenvalue weighted by Crippen LogP contribution is 2.42. The van der Waals surface area contributed by atoms with Crippen LogP contribution in [0.2, 0.25) is 0 Å². The van der Waals surface area contributed by atoms with E-state index in [1.54, 1.807) is 30.0 Å². The van der Waals surface area contributed by atoms with Gasteiger partial charge in [-0.15, -0.1) is 10.2 Å². The second-order valence-corrected chi connectivity index (χ2v) is 6.40. The van der Waals surface area contributed by atoms with Crippen molar-refractivity contribution in [2.24, 2.45) is 10.2 Å². The number of nitrogens with zero attached hydrogens (tertiary/aromatic N) is 5. The quantitative estimate of drug-likeness (QED) is 0.375. The summed E-state index contributed by atoms with van der Waals surface area (Å²) in [7, 11) is 0. The standard InChI is InChI=1S/C15H17N5O6S/c1-10-8-11(18(4-6-21)5-7-22)2-3-12(10)16-17-15-13(19(23)24)9-14(27-15)20(25)26/h2-3,8-9,21-22H,4-7H2,1H3. The number of aliphatic hydroxyl groups is 2. The lowest BCUT2D eigenvalue weighted by molar-refractivity contribution is -0.389. The molecule has 0 fully saturated rings. The summed E-state index contributed by atoms with van der Waals surface area (Å²) in [5, 5.41) is 47.3. The van der Waals surface area contributed by atoms with Gasteiger partial charge in [-0.1, -0.05) is 0 Å². The molecule has 0 spiro atoms. The fourth-order valence-electron chi connectivity index (χ4n) is 2.31. The third kappa shape index (κ3) is 5.03. The van der Waals surface area contributed by atoms with E-state index in [0.717, 1.165) is 11.8 Å². The number of hydrogen-bond acceptors (Lipinski definition) is 10. The average molecular weight is 395 g/mol. The Kier molecular flexibility index (Phi) is 6.87. The Morgan fingerprint density at radius 3 is 2.26 bits per heavy atom. The highest BCUT2D eigenvalue weighted by molar-refractivity contribution is 7.19. The van der Waals surface area contributed by atoms with Crippen molar-refractivity contribution >= 4 is 38.4 Å². The Hall–Kier alpha value is -2.96. The minimum absolute atomic E-state index is 0.0681. The van der Waals surface area contributed by atoms with E-state index in [-0.39, 0.29) is 23.2 Å². The Balaban J connectivity index is 2.30. The zero-order valence-electron chi connectivity index (χ0n) is 14.3. The number of nitro groups is 2. The summed E-state index contributed by atoms with van der Waals surface area (Å²) >= 11 is 0.577. The van der Waals surface area contributed by atoms with Crippen LogP contribution in [0.3, 0.4) is 0 Å². The summed E-state index contributed by atoms with van der Waals surface area (Å²) in [6.07, 6.45) is 0. The molecule has 1 heterocycles. The number of anilines is 1. The van der Waals surface area contributed by atoms with E-state index in [4.69, 9.17) is 10.2 Å². The lowest BCUT2D eigenvalue weighted by atomic mass is 10.1. The van der Waals surface area contributed by atoms with E-state index in [9.17, 15) is 20.2 Å². The van der Waals surface area contributed by atoms with Gasteiger partial charge in [-0.05, 0) is 42.0 Å². The smallest absolute Gasteiger partial charge is 0.333 e. The van der Waals surface area contributed by atoms with Gasteiger partial charge in [0, 0.05) is 18.8 Å². The highest BCUT2D eigenvalue weighted by Gasteiger charge is 2.25. The molecule has 1 aromatic carbocycles. The minimum Gasteiger partial charge on any atom is -0.395 e. The molecule has 0 aliphatic carbocycles. The average Bonchev–Trinajstić information content (AvgIpc) is 3.05. The summed E-state index contributed by atoms with van der Waals surface area (Å²) in [6, 6.07) is 6.00. The maximum Gasteiger partial charge on any atom is 0.333 e. The predicted molar refractivity (Wildman–Crippen MR) is 99.4 cm³/mol. The SMILES string of the molecule is Cc1cc(N(CCO)CCO)ccc1N=Nc1sc([N+](=O)[O-])cc1[N+](=O)[O-]. The number of thiophene rings is 1. The van der Waals surface area contributed by atoms with E-state index in [0.29, 0.717) is 35.7 Å². The molecule has 0 amide bonds. The molecule has 12 heteroatoms. The molecule has 0 bridgehead atoms. The molecule has 2 aromatic rings. The van der Waals surface area contributed by atoms with Crippen LogP contribution in [0.1, 0.15) is 5.56 Å². The molecule has 11 nitrogen and oxygen atoms in total. The van der Waals surface area contributed by atoms with Crippen LogP contribution >= 0.6 is 11.3 Å². The van der Waals surface area contributed by atoms with Gasteiger partial charge < -0.3 is 15.1 Å². The molecule has 27 heavy (non-hydrogen) atoms. The maximum atomic E-state index is 11.0. The van der Waals surface area contributed by atoms with Crippen molar-refractivity contribution in [2.75, 3.05) is 31.2 Å². The van der Waals surface area contributed by atoms with Gasteiger partial charge in [0.05, 0.1) is 28.7 Å². The van der Waals surface area contributed by atoms with Crippen LogP contribution in [0.25, 0.3) is 0 Å². The van der Waals surface area contributed by atoms with Gasteiger partial charge >= 0.3 is 10.7 Å². The molecule has 0 aliphatic heterocycles. The van der Waals surface area contributed by atoms with Crippen molar-refractivity contribution < 1.29 is 20.1 Å². The van der Waals surface area contributed by atoms with E-state index in [2.05, 4.69) is 10.2 Å². The van der Waals surface area contributed by atoms with Crippen molar-refractivity contribution in [3.8, 4) is 0 Å². The van der Waals surface area contributed by atoms with Gasteiger partial charge in [-0.2, -0.15) is 0 Å². The van der Waals surface area contributed by atoms with E-state index in [1.807, 2.05) is 0 Å². The summed E-state index contributed by atoms with van der Waals surface area (Å²) in [4.78, 5) is 22.2. The second kappa shape index (κ2) is 9.12. The maximum absolute atomic E-state index is 11.0. The van der Waals surface area contributed by atoms with Crippen molar-refractivity contribution in [1.29, 1.82) is 0 Å². The zero-order valence-corrected chi connectivity index (χ0v) is 15.1. The summed E-state index contributed by atoms with van der Waals surface area (Å²) in [6.45, 7) is 2.33.